The molecule has 1 aromatic heterocycles. The lowest BCUT2D eigenvalue weighted by molar-refractivity contribution is 0.595. The number of furan rings is 1. The third-order valence-electron chi connectivity index (χ3n) is 12.9. The fraction of sp³-hybridized carbons (Fsp3) is 0.107. The summed E-state index contributed by atoms with van der Waals surface area (Å²) in [7, 11) is 0. The molecule has 0 aliphatic heterocycles. The van der Waals surface area contributed by atoms with Crippen LogP contribution < -0.4 is 4.90 Å². The predicted molar refractivity (Wildman–Crippen MR) is 241 cm³/mol. The molecular weight excluding hydrogens is 703 g/mol. The Hall–Kier alpha value is -6.90. The summed E-state index contributed by atoms with van der Waals surface area (Å²) in [4.78, 5) is 2.42. The number of hydrogen-bond donors (Lipinski definition) is 0. The minimum absolute atomic E-state index is 0.0731. The molecule has 0 bridgehead atoms. The molecule has 11 rings (SSSR count). The first-order chi connectivity index (χ1) is 28.6. The van der Waals surface area contributed by atoms with Crippen LogP contribution in [0.15, 0.2) is 222 Å². The highest BCUT2D eigenvalue weighted by Gasteiger charge is 2.48. The van der Waals surface area contributed by atoms with Crippen molar-refractivity contribution in [3.63, 3.8) is 0 Å². The zero-order chi connectivity index (χ0) is 38.7. The zero-order valence-electron chi connectivity index (χ0n) is 32.6. The van der Waals surface area contributed by atoms with E-state index in [0.29, 0.717) is 0 Å². The molecule has 1 heterocycles. The number of rotatable bonds is 7. The molecule has 278 valence electrons. The quantitative estimate of drug-likeness (QED) is 0.162. The molecule has 58 heavy (non-hydrogen) atoms. The van der Waals surface area contributed by atoms with E-state index < -0.39 is 5.41 Å². The fourth-order valence-corrected chi connectivity index (χ4v) is 9.97. The Bertz CT molecular complexity index is 2960. The van der Waals surface area contributed by atoms with Crippen LogP contribution >= 0.6 is 0 Å². The van der Waals surface area contributed by atoms with Crippen LogP contribution in [0.2, 0.25) is 0 Å². The van der Waals surface area contributed by atoms with Gasteiger partial charge < -0.3 is 9.32 Å². The molecule has 0 amide bonds. The summed E-state index contributed by atoms with van der Waals surface area (Å²) in [5, 5.41) is 2.30. The lowest BCUT2D eigenvalue weighted by Crippen LogP contribution is -2.30. The van der Waals surface area contributed by atoms with Gasteiger partial charge in [0, 0.05) is 38.8 Å². The molecule has 3 aliphatic rings. The van der Waals surface area contributed by atoms with Gasteiger partial charge in [0.05, 0.1) is 5.41 Å². The molecule has 2 unspecified atom stereocenters. The summed E-state index contributed by atoms with van der Waals surface area (Å²) < 4.78 is 6.86. The highest BCUT2D eigenvalue weighted by molar-refractivity contribution is 6.07. The summed E-state index contributed by atoms with van der Waals surface area (Å²) in [6, 6.07) is 64.1. The molecule has 0 spiro atoms. The molecular formula is C56H43NO. The van der Waals surface area contributed by atoms with Crippen molar-refractivity contribution in [3.8, 4) is 11.1 Å². The second-order valence-electron chi connectivity index (χ2n) is 16.2. The van der Waals surface area contributed by atoms with Crippen molar-refractivity contribution >= 4 is 38.9 Å². The van der Waals surface area contributed by atoms with E-state index in [-0.39, 0.29) is 5.41 Å². The van der Waals surface area contributed by atoms with Crippen LogP contribution in [-0.4, -0.2) is 0 Å². The van der Waals surface area contributed by atoms with Crippen LogP contribution in [0.3, 0.4) is 0 Å². The van der Waals surface area contributed by atoms with Crippen LogP contribution in [0, 0.1) is 0 Å². The van der Waals surface area contributed by atoms with Gasteiger partial charge in [0.1, 0.15) is 11.2 Å². The highest BCUT2D eigenvalue weighted by Crippen LogP contribution is 2.58. The van der Waals surface area contributed by atoms with Gasteiger partial charge in [-0.2, -0.15) is 0 Å². The van der Waals surface area contributed by atoms with Crippen LogP contribution in [0.4, 0.5) is 11.4 Å². The van der Waals surface area contributed by atoms with E-state index in [1.165, 1.54) is 55.8 Å². The highest BCUT2D eigenvalue weighted by atomic mass is 16.3. The van der Waals surface area contributed by atoms with Gasteiger partial charge in [-0.05, 0) is 100 Å². The Labute approximate surface area is 340 Å². The van der Waals surface area contributed by atoms with Crippen LogP contribution in [-0.2, 0) is 10.8 Å². The average Bonchev–Trinajstić information content (AvgIpc) is 3.83. The maximum absolute atomic E-state index is 6.86. The summed E-state index contributed by atoms with van der Waals surface area (Å²) in [6.07, 6.45) is 14.8. The minimum atomic E-state index is -0.557. The van der Waals surface area contributed by atoms with Crippen molar-refractivity contribution in [1.29, 1.82) is 0 Å². The summed E-state index contributed by atoms with van der Waals surface area (Å²) in [6.45, 7) is 2.34. The largest absolute Gasteiger partial charge is 0.456 e. The van der Waals surface area contributed by atoms with Gasteiger partial charge in [-0.1, -0.05) is 177 Å². The number of fused-ring (bicyclic) bond motifs is 5. The zero-order valence-corrected chi connectivity index (χ0v) is 32.6. The second-order valence-corrected chi connectivity index (χ2v) is 16.2. The molecule has 7 aromatic carbocycles. The monoisotopic (exact) mass is 745 g/mol. The lowest BCUT2D eigenvalue weighted by atomic mass is 9.66. The van der Waals surface area contributed by atoms with E-state index in [2.05, 4.69) is 218 Å². The first kappa shape index (κ1) is 34.4. The van der Waals surface area contributed by atoms with E-state index in [1.54, 1.807) is 0 Å². The van der Waals surface area contributed by atoms with Crippen molar-refractivity contribution in [1.82, 2.24) is 0 Å². The van der Waals surface area contributed by atoms with Crippen molar-refractivity contribution in [2.75, 3.05) is 4.90 Å². The van der Waals surface area contributed by atoms with Crippen LogP contribution in [0.1, 0.15) is 54.0 Å². The molecule has 0 radical (unpaired) electrons. The van der Waals surface area contributed by atoms with E-state index in [4.69, 9.17) is 4.42 Å². The molecule has 8 aromatic rings. The second kappa shape index (κ2) is 13.6. The van der Waals surface area contributed by atoms with E-state index in [0.717, 1.165) is 52.6 Å². The number of anilines is 2. The van der Waals surface area contributed by atoms with Crippen molar-refractivity contribution in [3.05, 3.63) is 245 Å². The summed E-state index contributed by atoms with van der Waals surface area (Å²) >= 11 is 0. The Balaban J connectivity index is 1.08. The molecule has 0 saturated carbocycles. The average molecular weight is 746 g/mol. The van der Waals surface area contributed by atoms with Gasteiger partial charge in [0.25, 0.3) is 0 Å². The normalized spacial score (nSPS) is 19.6. The lowest BCUT2D eigenvalue weighted by Gasteiger charge is -2.36. The van der Waals surface area contributed by atoms with Gasteiger partial charge in [-0.25, -0.2) is 0 Å². The Morgan fingerprint density at radius 3 is 1.98 bits per heavy atom. The molecule has 0 saturated heterocycles. The summed E-state index contributed by atoms with van der Waals surface area (Å²) in [5.74, 6) is 0. The standard InChI is InChI=1S/C56H43NO/c1-55(41-17-6-3-7-18-41)37-35-45(36-38-55)57(43-31-27-40(28-32-43)39-15-4-2-5-16-39)44-33-29-42(30-34-44)56(50-23-11-8-19-46(50)47-20-9-12-24-51(47)56)52-25-14-22-49-48-21-10-13-26-53(48)58-54(49)52/h2-8,10-19,21-37H,9,20,38H2,1H3. The Morgan fingerprint density at radius 1 is 0.552 bits per heavy atom. The minimum Gasteiger partial charge on any atom is -0.456 e. The smallest absolute Gasteiger partial charge is 0.140 e. The topological polar surface area (TPSA) is 16.4 Å². The van der Waals surface area contributed by atoms with Gasteiger partial charge in [-0.3, -0.25) is 0 Å². The third-order valence-corrected chi connectivity index (χ3v) is 12.9. The number of para-hydroxylation sites is 2. The molecule has 0 fully saturated rings. The number of allylic oxidation sites excluding steroid dienone is 7. The fourth-order valence-electron chi connectivity index (χ4n) is 9.97. The van der Waals surface area contributed by atoms with E-state index in [9.17, 15) is 0 Å². The molecule has 3 aliphatic carbocycles. The van der Waals surface area contributed by atoms with E-state index >= 15 is 0 Å². The Kier molecular flexibility index (Phi) is 8.08. The van der Waals surface area contributed by atoms with Crippen molar-refractivity contribution in [2.24, 2.45) is 0 Å². The van der Waals surface area contributed by atoms with Gasteiger partial charge in [0.2, 0.25) is 0 Å². The summed E-state index contributed by atoms with van der Waals surface area (Å²) in [5.41, 5.74) is 16.3. The van der Waals surface area contributed by atoms with Gasteiger partial charge in [0.15, 0.2) is 0 Å². The van der Waals surface area contributed by atoms with E-state index in [1.807, 2.05) is 0 Å². The molecule has 2 atom stereocenters. The Morgan fingerprint density at radius 2 is 1.21 bits per heavy atom. The van der Waals surface area contributed by atoms with Gasteiger partial charge in [-0.15, -0.1) is 0 Å². The number of hydrogen-bond acceptors (Lipinski definition) is 2. The van der Waals surface area contributed by atoms with Crippen LogP contribution in [0.25, 0.3) is 38.6 Å². The predicted octanol–water partition coefficient (Wildman–Crippen LogP) is 14.6. The van der Waals surface area contributed by atoms with Crippen LogP contribution in [0.5, 0.6) is 0 Å². The first-order valence-electron chi connectivity index (χ1n) is 20.5. The number of benzene rings is 7. The molecule has 2 heteroatoms. The maximum Gasteiger partial charge on any atom is 0.140 e. The number of nitrogens with zero attached hydrogens (tertiary/aromatic N) is 1. The molecule has 0 N–H and O–H groups in total. The first-order valence-corrected chi connectivity index (χ1v) is 20.5. The van der Waals surface area contributed by atoms with Crippen molar-refractivity contribution in [2.45, 2.75) is 37.0 Å². The third kappa shape index (κ3) is 5.32. The van der Waals surface area contributed by atoms with Gasteiger partial charge >= 0.3 is 0 Å². The molecule has 2 nitrogen and oxygen atoms in total. The SMILES string of the molecule is CC1(c2ccccc2)C=CC(N(c2ccc(-c3ccccc3)cc2)c2ccc(C3(c4cccc5c4oc4ccccc45)C4=C(CCC=C4)c4ccccc43)cc2)=CC1. The van der Waals surface area contributed by atoms with Crippen molar-refractivity contribution < 1.29 is 4.42 Å². The maximum atomic E-state index is 6.86.